The van der Waals surface area contributed by atoms with Crippen molar-refractivity contribution in [1.82, 2.24) is 9.97 Å². The molecule has 0 bridgehead atoms. The molecule has 8 heteroatoms. The maximum absolute atomic E-state index is 12.0. The number of pyridine rings is 1. The Kier molecular flexibility index (Phi) is 3.77. The molecule has 1 amide bonds. The Labute approximate surface area is 117 Å². The maximum Gasteiger partial charge on any atom is 0.260 e. The molecule has 2 rings (SSSR count). The van der Waals surface area contributed by atoms with Crippen molar-refractivity contribution in [3.05, 3.63) is 34.1 Å². The van der Waals surface area contributed by atoms with Gasteiger partial charge in [-0.2, -0.15) is 0 Å². The molecule has 19 heavy (non-hydrogen) atoms. The van der Waals surface area contributed by atoms with Crippen molar-refractivity contribution in [1.29, 1.82) is 0 Å². The van der Waals surface area contributed by atoms with Crippen LogP contribution in [-0.4, -0.2) is 21.7 Å². The van der Waals surface area contributed by atoms with Crippen LogP contribution < -0.4 is 11.1 Å². The van der Waals surface area contributed by atoms with Crippen LogP contribution in [0.15, 0.2) is 17.6 Å². The van der Waals surface area contributed by atoms with Crippen molar-refractivity contribution in [2.75, 3.05) is 11.1 Å². The summed E-state index contributed by atoms with van der Waals surface area (Å²) < 4.78 is 0. The Hall–Kier alpha value is -1.99. The molecule has 98 valence electrons. The van der Waals surface area contributed by atoms with Crippen molar-refractivity contribution in [3.63, 3.8) is 0 Å². The second-order valence-electron chi connectivity index (χ2n) is 3.66. The number of Topliss-reactive ketones (excluding diaryl/α,β-unsaturated/α-hetero) is 1. The SMILES string of the molecule is CC(=O)c1csc(NC(=O)c2cc(N)cnc2Cl)n1. The van der Waals surface area contributed by atoms with Crippen LogP contribution in [0.3, 0.4) is 0 Å². The van der Waals surface area contributed by atoms with Gasteiger partial charge in [0.1, 0.15) is 10.8 Å². The molecule has 0 aliphatic rings. The molecule has 2 aromatic heterocycles. The number of ketones is 1. The van der Waals surface area contributed by atoms with E-state index in [9.17, 15) is 9.59 Å². The number of amides is 1. The molecule has 0 unspecified atom stereocenters. The molecular weight excluding hydrogens is 288 g/mol. The minimum Gasteiger partial charge on any atom is -0.397 e. The summed E-state index contributed by atoms with van der Waals surface area (Å²) in [5, 5.41) is 4.47. The van der Waals surface area contributed by atoms with E-state index in [1.165, 1.54) is 19.2 Å². The zero-order valence-corrected chi connectivity index (χ0v) is 11.4. The van der Waals surface area contributed by atoms with E-state index >= 15 is 0 Å². The molecule has 0 aliphatic carbocycles. The van der Waals surface area contributed by atoms with Gasteiger partial charge in [-0.15, -0.1) is 11.3 Å². The second-order valence-corrected chi connectivity index (χ2v) is 4.87. The van der Waals surface area contributed by atoms with Crippen LogP contribution in [0.1, 0.15) is 27.8 Å². The third-order valence-electron chi connectivity index (χ3n) is 2.19. The highest BCUT2D eigenvalue weighted by atomic mass is 35.5. The van der Waals surface area contributed by atoms with Gasteiger partial charge in [0.25, 0.3) is 5.91 Å². The number of halogens is 1. The van der Waals surface area contributed by atoms with Crippen LogP contribution in [0, 0.1) is 0 Å². The molecular formula is C11H9ClN4O2S. The first-order chi connectivity index (χ1) is 8.97. The van der Waals surface area contributed by atoms with Gasteiger partial charge in [0, 0.05) is 12.3 Å². The smallest absolute Gasteiger partial charge is 0.260 e. The lowest BCUT2D eigenvalue weighted by atomic mass is 10.2. The molecule has 2 aromatic rings. The summed E-state index contributed by atoms with van der Waals surface area (Å²) in [6, 6.07) is 1.42. The lowest BCUT2D eigenvalue weighted by Gasteiger charge is -2.04. The first kappa shape index (κ1) is 13.4. The predicted molar refractivity (Wildman–Crippen MR) is 73.7 cm³/mol. The van der Waals surface area contributed by atoms with Crippen molar-refractivity contribution in [3.8, 4) is 0 Å². The lowest BCUT2D eigenvalue weighted by Crippen LogP contribution is -2.13. The average molecular weight is 297 g/mol. The summed E-state index contributed by atoms with van der Waals surface area (Å²) in [6.07, 6.45) is 1.36. The topological polar surface area (TPSA) is 98.0 Å². The molecule has 0 aromatic carbocycles. The van der Waals surface area contributed by atoms with E-state index < -0.39 is 5.91 Å². The van der Waals surface area contributed by atoms with E-state index in [4.69, 9.17) is 17.3 Å². The zero-order valence-electron chi connectivity index (χ0n) is 9.81. The Bertz CT molecular complexity index is 656. The quantitative estimate of drug-likeness (QED) is 0.668. The first-order valence-electron chi connectivity index (χ1n) is 5.16. The first-order valence-corrected chi connectivity index (χ1v) is 6.42. The fourth-order valence-corrected chi connectivity index (χ4v) is 2.21. The minimum atomic E-state index is -0.478. The third-order valence-corrected chi connectivity index (χ3v) is 3.25. The number of hydrogen-bond acceptors (Lipinski definition) is 6. The fraction of sp³-hybridized carbons (Fsp3) is 0.0909. The van der Waals surface area contributed by atoms with Crippen LogP contribution in [0.2, 0.25) is 5.15 Å². The van der Waals surface area contributed by atoms with Gasteiger partial charge in [-0.05, 0) is 6.07 Å². The van der Waals surface area contributed by atoms with Gasteiger partial charge < -0.3 is 5.73 Å². The molecule has 0 aliphatic heterocycles. The molecule has 3 N–H and O–H groups in total. The maximum atomic E-state index is 12.0. The highest BCUT2D eigenvalue weighted by Crippen LogP contribution is 2.20. The van der Waals surface area contributed by atoms with Crippen LogP contribution in [-0.2, 0) is 0 Å². The molecule has 2 heterocycles. The van der Waals surface area contributed by atoms with E-state index in [2.05, 4.69) is 15.3 Å². The number of aromatic nitrogens is 2. The van der Waals surface area contributed by atoms with Crippen LogP contribution in [0.4, 0.5) is 10.8 Å². The number of nitrogens with two attached hydrogens (primary N) is 1. The Morgan fingerprint density at radius 3 is 2.84 bits per heavy atom. The number of rotatable bonds is 3. The number of anilines is 2. The number of carbonyl (C=O) groups excluding carboxylic acids is 2. The van der Waals surface area contributed by atoms with Gasteiger partial charge in [-0.1, -0.05) is 11.6 Å². The van der Waals surface area contributed by atoms with E-state index in [0.29, 0.717) is 16.5 Å². The standard InChI is InChI=1S/C11H9ClN4O2S/c1-5(17)8-4-19-11(15-8)16-10(18)7-2-6(13)3-14-9(7)12/h2-4H,13H2,1H3,(H,15,16,18). The highest BCUT2D eigenvalue weighted by Gasteiger charge is 2.14. The lowest BCUT2D eigenvalue weighted by molar-refractivity contribution is 0.100. The number of nitrogen functional groups attached to an aromatic ring is 1. The summed E-state index contributed by atoms with van der Waals surface area (Å²) in [5.74, 6) is -0.644. The number of thiazole rings is 1. The minimum absolute atomic E-state index is 0.0510. The number of hydrogen-bond donors (Lipinski definition) is 2. The molecule has 0 spiro atoms. The summed E-state index contributed by atoms with van der Waals surface area (Å²) in [5.41, 5.74) is 6.33. The van der Waals surface area contributed by atoms with Crippen molar-refractivity contribution in [2.45, 2.75) is 6.92 Å². The molecule has 6 nitrogen and oxygen atoms in total. The highest BCUT2D eigenvalue weighted by molar-refractivity contribution is 7.14. The number of nitrogens with zero attached hydrogens (tertiary/aromatic N) is 2. The largest absolute Gasteiger partial charge is 0.397 e. The molecule has 0 saturated carbocycles. The van der Waals surface area contributed by atoms with Crippen molar-refractivity contribution < 1.29 is 9.59 Å². The predicted octanol–water partition coefficient (Wildman–Crippen LogP) is 2.23. The van der Waals surface area contributed by atoms with E-state index in [0.717, 1.165) is 11.3 Å². The molecule has 0 fully saturated rings. The summed E-state index contributed by atoms with van der Waals surface area (Å²) in [6.45, 7) is 1.40. The van der Waals surface area contributed by atoms with E-state index in [1.807, 2.05) is 0 Å². The summed E-state index contributed by atoms with van der Waals surface area (Å²) in [4.78, 5) is 30.8. The molecule has 0 atom stereocenters. The van der Waals surface area contributed by atoms with E-state index in [-0.39, 0.29) is 16.5 Å². The van der Waals surface area contributed by atoms with E-state index in [1.54, 1.807) is 5.38 Å². The van der Waals surface area contributed by atoms with Gasteiger partial charge in [-0.25, -0.2) is 9.97 Å². The molecule has 0 saturated heterocycles. The summed E-state index contributed by atoms with van der Waals surface area (Å²) >= 11 is 6.97. The van der Waals surface area contributed by atoms with Gasteiger partial charge in [0.05, 0.1) is 17.4 Å². The molecule has 0 radical (unpaired) electrons. The Morgan fingerprint density at radius 1 is 1.47 bits per heavy atom. The zero-order chi connectivity index (χ0) is 14.0. The Balaban J connectivity index is 2.20. The van der Waals surface area contributed by atoms with Gasteiger partial charge in [0.2, 0.25) is 0 Å². The van der Waals surface area contributed by atoms with Crippen LogP contribution in [0.25, 0.3) is 0 Å². The fourth-order valence-electron chi connectivity index (χ4n) is 1.28. The average Bonchev–Trinajstić information content (AvgIpc) is 2.80. The number of carbonyl (C=O) groups is 2. The van der Waals surface area contributed by atoms with Gasteiger partial charge in [-0.3, -0.25) is 14.9 Å². The second kappa shape index (κ2) is 5.33. The number of nitrogens with one attached hydrogen (secondary N) is 1. The van der Waals surface area contributed by atoms with Crippen LogP contribution in [0.5, 0.6) is 0 Å². The third kappa shape index (κ3) is 3.07. The summed E-state index contributed by atoms with van der Waals surface area (Å²) in [7, 11) is 0. The Morgan fingerprint density at radius 2 is 2.21 bits per heavy atom. The van der Waals surface area contributed by atoms with Gasteiger partial charge >= 0.3 is 0 Å². The van der Waals surface area contributed by atoms with Crippen molar-refractivity contribution in [2.24, 2.45) is 0 Å². The normalized spacial score (nSPS) is 10.2. The monoisotopic (exact) mass is 296 g/mol. The van der Waals surface area contributed by atoms with Crippen LogP contribution >= 0.6 is 22.9 Å². The van der Waals surface area contributed by atoms with Crippen molar-refractivity contribution >= 4 is 45.4 Å². The van der Waals surface area contributed by atoms with Gasteiger partial charge in [0.15, 0.2) is 10.9 Å².